The minimum Gasteiger partial charge on any atom is -0.322 e. The second-order valence-electron chi connectivity index (χ2n) is 3.86. The van der Waals surface area contributed by atoms with Gasteiger partial charge >= 0.3 is 0 Å². The minimum atomic E-state index is -0.219. The molecule has 0 saturated heterocycles. The lowest BCUT2D eigenvalue weighted by atomic mass is 10.2. The van der Waals surface area contributed by atoms with Crippen molar-refractivity contribution >= 4 is 11.6 Å². The van der Waals surface area contributed by atoms with Crippen molar-refractivity contribution in [1.82, 2.24) is 25.4 Å². The van der Waals surface area contributed by atoms with E-state index in [4.69, 9.17) is 0 Å². The van der Waals surface area contributed by atoms with Crippen molar-refractivity contribution in [3.63, 3.8) is 0 Å². The zero-order chi connectivity index (χ0) is 13.1. The van der Waals surface area contributed by atoms with E-state index in [9.17, 15) is 4.79 Å². The molecule has 3 aromatic rings. The van der Waals surface area contributed by atoms with Crippen LogP contribution in [0, 0.1) is 0 Å². The molecule has 0 saturated carbocycles. The number of hydrogen-bond donors (Lipinski definition) is 3. The molecule has 0 aliphatic heterocycles. The highest BCUT2D eigenvalue weighted by molar-refractivity contribution is 6.04. The van der Waals surface area contributed by atoms with Gasteiger partial charge in [-0.05, 0) is 12.1 Å². The second kappa shape index (κ2) is 4.73. The number of benzene rings is 1. The summed E-state index contributed by atoms with van der Waals surface area (Å²) in [7, 11) is 0. The van der Waals surface area contributed by atoms with Gasteiger partial charge in [0.2, 0.25) is 0 Å². The average Bonchev–Trinajstić information content (AvgIpc) is 3.13. The topological polar surface area (TPSA) is 99.3 Å². The summed E-state index contributed by atoms with van der Waals surface area (Å²) in [4.78, 5) is 15.9. The van der Waals surface area contributed by atoms with Crippen LogP contribution < -0.4 is 5.32 Å². The number of carbonyl (C=O) groups excluding carboxylic acids is 1. The van der Waals surface area contributed by atoms with Gasteiger partial charge in [0.1, 0.15) is 6.33 Å². The van der Waals surface area contributed by atoms with Crippen LogP contribution in [0.4, 0.5) is 5.69 Å². The van der Waals surface area contributed by atoms with Crippen LogP contribution >= 0.6 is 0 Å². The number of anilines is 1. The second-order valence-corrected chi connectivity index (χ2v) is 3.86. The molecule has 2 aromatic heterocycles. The molecule has 3 N–H and O–H groups in total. The normalized spacial score (nSPS) is 10.3. The van der Waals surface area contributed by atoms with Crippen LogP contribution in [0.3, 0.4) is 0 Å². The van der Waals surface area contributed by atoms with Gasteiger partial charge < -0.3 is 5.32 Å². The Morgan fingerprint density at radius 3 is 2.95 bits per heavy atom. The van der Waals surface area contributed by atoms with Crippen molar-refractivity contribution in [3.05, 3.63) is 48.5 Å². The molecule has 0 bridgehead atoms. The summed E-state index contributed by atoms with van der Waals surface area (Å²) in [6.07, 6.45) is 4.44. The van der Waals surface area contributed by atoms with Gasteiger partial charge in [0.05, 0.1) is 11.8 Å². The number of aromatic amines is 2. The molecule has 7 heteroatoms. The Kier molecular flexibility index (Phi) is 2.77. The highest BCUT2D eigenvalue weighted by Crippen LogP contribution is 2.19. The summed E-state index contributed by atoms with van der Waals surface area (Å²) < 4.78 is 0. The molecule has 0 fully saturated rings. The van der Waals surface area contributed by atoms with Crippen LogP contribution in [0.15, 0.2) is 43.0 Å². The van der Waals surface area contributed by atoms with E-state index in [1.165, 1.54) is 18.7 Å². The zero-order valence-electron chi connectivity index (χ0n) is 9.79. The quantitative estimate of drug-likeness (QED) is 0.658. The van der Waals surface area contributed by atoms with Crippen LogP contribution in [0.2, 0.25) is 0 Å². The third-order valence-corrected chi connectivity index (χ3v) is 2.57. The van der Waals surface area contributed by atoms with Gasteiger partial charge in [0, 0.05) is 17.4 Å². The first-order chi connectivity index (χ1) is 9.33. The molecule has 2 heterocycles. The summed E-state index contributed by atoms with van der Waals surface area (Å²) in [5, 5.41) is 15.7. The number of nitrogens with zero attached hydrogens (tertiary/aromatic N) is 3. The first-order valence-corrected chi connectivity index (χ1v) is 5.59. The summed E-state index contributed by atoms with van der Waals surface area (Å²) >= 11 is 0. The number of carbonyl (C=O) groups is 1. The Morgan fingerprint density at radius 1 is 1.26 bits per heavy atom. The average molecular weight is 254 g/mol. The van der Waals surface area contributed by atoms with Crippen molar-refractivity contribution in [2.45, 2.75) is 0 Å². The number of hydrogen-bond acceptors (Lipinski definition) is 4. The van der Waals surface area contributed by atoms with Gasteiger partial charge in [0.25, 0.3) is 5.91 Å². The third-order valence-electron chi connectivity index (χ3n) is 2.57. The van der Waals surface area contributed by atoms with Gasteiger partial charge in [0.15, 0.2) is 5.82 Å². The van der Waals surface area contributed by atoms with Crippen molar-refractivity contribution < 1.29 is 4.79 Å². The molecule has 7 nitrogen and oxygen atoms in total. The molecular formula is C12H10N6O. The standard InChI is InChI=1S/C12H10N6O/c19-12(9-5-14-15-6-9)17-10-3-1-2-8(4-10)11-13-7-16-18-11/h1-7H,(H,14,15)(H,17,19)(H,13,16,18). The van der Waals surface area contributed by atoms with Crippen molar-refractivity contribution in [2.75, 3.05) is 5.32 Å². The van der Waals surface area contributed by atoms with Gasteiger partial charge in [-0.2, -0.15) is 10.2 Å². The maximum absolute atomic E-state index is 11.9. The number of rotatable bonds is 3. The summed E-state index contributed by atoms with van der Waals surface area (Å²) in [6.45, 7) is 0. The molecule has 0 unspecified atom stereocenters. The Bertz CT molecular complexity index is 674. The number of H-pyrrole nitrogens is 2. The Balaban J connectivity index is 1.82. The molecule has 1 aromatic carbocycles. The van der Waals surface area contributed by atoms with E-state index in [-0.39, 0.29) is 5.91 Å². The van der Waals surface area contributed by atoms with Crippen LogP contribution in [0.25, 0.3) is 11.4 Å². The molecule has 3 rings (SSSR count). The summed E-state index contributed by atoms with van der Waals surface area (Å²) in [6, 6.07) is 7.34. The van der Waals surface area contributed by atoms with Crippen molar-refractivity contribution in [2.24, 2.45) is 0 Å². The lowest BCUT2D eigenvalue weighted by Gasteiger charge is -2.04. The molecule has 0 radical (unpaired) electrons. The molecule has 1 amide bonds. The molecule has 0 spiro atoms. The lowest BCUT2D eigenvalue weighted by Crippen LogP contribution is -2.10. The summed E-state index contributed by atoms with van der Waals surface area (Å²) in [5.74, 6) is 0.433. The van der Waals surface area contributed by atoms with Crippen LogP contribution in [0.5, 0.6) is 0 Å². The molecule has 0 aliphatic carbocycles. The van der Waals surface area contributed by atoms with Crippen LogP contribution in [-0.4, -0.2) is 31.3 Å². The largest absolute Gasteiger partial charge is 0.322 e. The fourth-order valence-electron chi connectivity index (χ4n) is 1.67. The van der Waals surface area contributed by atoms with Gasteiger partial charge in [-0.15, -0.1) is 0 Å². The third kappa shape index (κ3) is 2.34. The lowest BCUT2D eigenvalue weighted by molar-refractivity contribution is 0.102. The SMILES string of the molecule is O=C(Nc1cccc(-c2ncn[nH]2)c1)c1cn[nH]c1. The number of aromatic nitrogens is 5. The monoisotopic (exact) mass is 254 g/mol. The van der Waals surface area contributed by atoms with E-state index in [1.54, 1.807) is 6.07 Å². The Labute approximate surface area is 108 Å². The zero-order valence-corrected chi connectivity index (χ0v) is 9.79. The predicted molar refractivity (Wildman–Crippen MR) is 68.4 cm³/mol. The van der Waals surface area contributed by atoms with Gasteiger partial charge in [-0.25, -0.2) is 4.98 Å². The first-order valence-electron chi connectivity index (χ1n) is 5.59. The fraction of sp³-hybridized carbons (Fsp3) is 0. The van der Waals surface area contributed by atoms with Crippen molar-refractivity contribution in [1.29, 1.82) is 0 Å². The smallest absolute Gasteiger partial charge is 0.258 e. The Morgan fingerprint density at radius 2 is 2.21 bits per heavy atom. The molecule has 0 aliphatic rings. The molecular weight excluding hydrogens is 244 g/mol. The predicted octanol–water partition coefficient (Wildman–Crippen LogP) is 1.45. The van der Waals surface area contributed by atoms with Crippen molar-refractivity contribution in [3.8, 4) is 11.4 Å². The van der Waals surface area contributed by atoms with Crippen LogP contribution in [-0.2, 0) is 0 Å². The van der Waals surface area contributed by atoms with Gasteiger partial charge in [-0.1, -0.05) is 12.1 Å². The van der Waals surface area contributed by atoms with Gasteiger partial charge in [-0.3, -0.25) is 15.0 Å². The Hall–Kier alpha value is -2.96. The van der Waals surface area contributed by atoms with E-state index < -0.39 is 0 Å². The van der Waals surface area contributed by atoms with E-state index in [0.29, 0.717) is 17.1 Å². The minimum absolute atomic E-state index is 0.219. The maximum atomic E-state index is 11.9. The summed E-state index contributed by atoms with van der Waals surface area (Å²) in [5.41, 5.74) is 2.01. The number of nitrogens with one attached hydrogen (secondary N) is 3. The van der Waals surface area contributed by atoms with E-state index in [0.717, 1.165) is 5.56 Å². The molecule has 19 heavy (non-hydrogen) atoms. The highest BCUT2D eigenvalue weighted by Gasteiger charge is 2.08. The number of amides is 1. The van der Waals surface area contributed by atoms with E-state index in [2.05, 4.69) is 30.7 Å². The van der Waals surface area contributed by atoms with Crippen LogP contribution in [0.1, 0.15) is 10.4 Å². The van der Waals surface area contributed by atoms with E-state index >= 15 is 0 Å². The first kappa shape index (κ1) is 11.1. The maximum Gasteiger partial charge on any atom is 0.258 e. The molecule has 94 valence electrons. The van der Waals surface area contributed by atoms with E-state index in [1.807, 2.05) is 18.2 Å². The molecule has 0 atom stereocenters. The fourth-order valence-corrected chi connectivity index (χ4v) is 1.67. The highest BCUT2D eigenvalue weighted by atomic mass is 16.1.